The smallest absolute Gasteiger partial charge is 0.322 e. The summed E-state index contributed by atoms with van der Waals surface area (Å²) in [5.74, 6) is -3.58. The Labute approximate surface area is 195 Å². The first-order valence-electron chi connectivity index (χ1n) is 9.83. The second-order valence-electron chi connectivity index (χ2n) is 7.00. The monoisotopic (exact) mass is 504 g/mol. The predicted octanol–water partition coefficient (Wildman–Crippen LogP) is -1.12. The molecule has 12 nitrogen and oxygen atoms in total. The van der Waals surface area contributed by atoms with Crippen molar-refractivity contribution in [3.8, 4) is 0 Å². The van der Waals surface area contributed by atoms with E-state index in [1.807, 2.05) is 6.92 Å². The lowest BCUT2D eigenvalue weighted by atomic mass is 10.1. The Morgan fingerprint density at radius 1 is 1.12 bits per heavy atom. The zero-order chi connectivity index (χ0) is 25.0. The molecule has 1 rings (SSSR count). The Morgan fingerprint density at radius 2 is 1.76 bits per heavy atom. The van der Waals surface area contributed by atoms with Crippen molar-refractivity contribution < 1.29 is 37.8 Å². The molecular formula is C19H28N4O8S2. The van der Waals surface area contributed by atoms with Crippen LogP contribution in [0.1, 0.15) is 18.4 Å². The number of carboxylic acids is 2. The van der Waals surface area contributed by atoms with Crippen molar-refractivity contribution in [1.29, 1.82) is 0 Å². The molecule has 7 N–H and O–H groups in total. The van der Waals surface area contributed by atoms with Crippen LogP contribution >= 0.6 is 11.8 Å². The average molecular weight is 505 g/mol. The number of carboxylic acid groups (broad SMARTS) is 2. The number of amides is 2. The van der Waals surface area contributed by atoms with E-state index < -0.39 is 52.4 Å². The first-order chi connectivity index (χ1) is 15.4. The number of aryl methyl sites for hydroxylation is 1. The molecule has 0 unspecified atom stereocenters. The summed E-state index contributed by atoms with van der Waals surface area (Å²) in [4.78, 5) is 45.8. The molecule has 0 heterocycles. The van der Waals surface area contributed by atoms with Crippen LogP contribution in [0.2, 0.25) is 0 Å². The van der Waals surface area contributed by atoms with E-state index >= 15 is 0 Å². The average Bonchev–Trinajstić information content (AvgIpc) is 2.74. The van der Waals surface area contributed by atoms with Gasteiger partial charge in [0.05, 0.1) is 4.90 Å². The van der Waals surface area contributed by atoms with Crippen molar-refractivity contribution in [3.63, 3.8) is 0 Å². The lowest BCUT2D eigenvalue weighted by Crippen LogP contribution is -2.49. The fourth-order valence-electron chi connectivity index (χ4n) is 2.40. The summed E-state index contributed by atoms with van der Waals surface area (Å²) < 4.78 is 27.0. The molecule has 0 aliphatic carbocycles. The third kappa shape index (κ3) is 11.1. The number of rotatable bonds is 15. The fourth-order valence-corrected chi connectivity index (χ4v) is 4.44. The second kappa shape index (κ2) is 13.8. The minimum atomic E-state index is -3.69. The quantitative estimate of drug-likeness (QED) is 0.159. The number of aliphatic carboxylic acids is 2. The summed E-state index contributed by atoms with van der Waals surface area (Å²) in [7, 11) is -3.69. The van der Waals surface area contributed by atoms with Crippen LogP contribution in [0, 0.1) is 6.92 Å². The number of carbonyl (C=O) groups is 4. The lowest BCUT2D eigenvalue weighted by molar-refractivity contribution is -0.139. The zero-order valence-corrected chi connectivity index (χ0v) is 19.6. The summed E-state index contributed by atoms with van der Waals surface area (Å²) in [6.07, 6.45) is -0.379. The number of hydrogen-bond donors (Lipinski definition) is 6. The third-order valence-electron chi connectivity index (χ3n) is 4.22. The molecule has 184 valence electrons. The highest BCUT2D eigenvalue weighted by Gasteiger charge is 2.22. The number of carbonyl (C=O) groups excluding carboxylic acids is 2. The summed E-state index contributed by atoms with van der Waals surface area (Å²) in [5.41, 5.74) is 6.27. The minimum absolute atomic E-state index is 0.0361. The molecule has 0 saturated heterocycles. The molecule has 0 aliphatic heterocycles. The van der Waals surface area contributed by atoms with Gasteiger partial charge in [0, 0.05) is 24.5 Å². The van der Waals surface area contributed by atoms with Crippen LogP contribution in [0.25, 0.3) is 0 Å². The summed E-state index contributed by atoms with van der Waals surface area (Å²) in [6.45, 7) is 1.25. The van der Waals surface area contributed by atoms with E-state index in [4.69, 9.17) is 15.9 Å². The summed E-state index contributed by atoms with van der Waals surface area (Å²) in [6, 6.07) is 3.99. The standard InChI is InChI=1S/C19H28N4O8S2/c1-12-2-4-13(5-3-12)33(30,31)22-8-9-32-11-15(18(27)21-10-17(25)26)23-16(24)7-6-14(20)19(28)29/h2-5,14-15,22H,6-11,20H2,1H3,(H,21,27)(H,23,24)(H,25,26)(H,28,29)/t14-,15-/m0/s1. The zero-order valence-electron chi connectivity index (χ0n) is 17.9. The molecule has 0 aliphatic rings. The van der Waals surface area contributed by atoms with Gasteiger partial charge < -0.3 is 26.6 Å². The lowest BCUT2D eigenvalue weighted by Gasteiger charge is -2.18. The van der Waals surface area contributed by atoms with Gasteiger partial charge in [0.2, 0.25) is 21.8 Å². The first kappa shape index (κ1) is 28.4. The highest BCUT2D eigenvalue weighted by molar-refractivity contribution is 7.99. The predicted molar refractivity (Wildman–Crippen MR) is 121 cm³/mol. The molecule has 1 aromatic carbocycles. The molecular weight excluding hydrogens is 476 g/mol. The van der Waals surface area contributed by atoms with E-state index in [1.165, 1.54) is 12.1 Å². The maximum absolute atomic E-state index is 12.3. The fraction of sp³-hybridized carbons (Fsp3) is 0.474. The Hall–Kier alpha value is -2.68. The number of thioether (sulfide) groups is 1. The Bertz CT molecular complexity index is 938. The van der Waals surface area contributed by atoms with Crippen LogP contribution < -0.4 is 21.1 Å². The number of benzene rings is 1. The molecule has 0 fully saturated rings. The molecule has 2 atom stereocenters. The Morgan fingerprint density at radius 3 is 2.33 bits per heavy atom. The normalized spacial score (nSPS) is 13.0. The largest absolute Gasteiger partial charge is 0.480 e. The molecule has 0 spiro atoms. The number of nitrogens with two attached hydrogens (primary N) is 1. The molecule has 0 bridgehead atoms. The van der Waals surface area contributed by atoms with E-state index in [9.17, 15) is 27.6 Å². The second-order valence-corrected chi connectivity index (χ2v) is 9.92. The van der Waals surface area contributed by atoms with Crippen molar-refractivity contribution in [2.75, 3.05) is 24.6 Å². The molecule has 0 saturated carbocycles. The van der Waals surface area contributed by atoms with Gasteiger partial charge in [0.1, 0.15) is 18.6 Å². The summed E-state index contributed by atoms with van der Waals surface area (Å²) >= 11 is 1.16. The van der Waals surface area contributed by atoms with Crippen LogP contribution in [-0.2, 0) is 29.2 Å². The van der Waals surface area contributed by atoms with Crippen molar-refractivity contribution in [2.45, 2.75) is 36.7 Å². The van der Waals surface area contributed by atoms with Crippen LogP contribution in [-0.4, -0.2) is 79.1 Å². The van der Waals surface area contributed by atoms with Gasteiger partial charge in [-0.05, 0) is 25.5 Å². The maximum atomic E-state index is 12.3. The summed E-state index contributed by atoms with van der Waals surface area (Å²) in [5, 5.41) is 22.1. The first-order valence-corrected chi connectivity index (χ1v) is 12.5. The highest BCUT2D eigenvalue weighted by atomic mass is 32.2. The van der Waals surface area contributed by atoms with Gasteiger partial charge in [0.15, 0.2) is 0 Å². The molecule has 14 heteroatoms. The molecule has 0 radical (unpaired) electrons. The Balaban J connectivity index is 2.57. The van der Waals surface area contributed by atoms with Gasteiger partial charge in [-0.25, -0.2) is 13.1 Å². The van der Waals surface area contributed by atoms with Crippen molar-refractivity contribution >= 4 is 45.5 Å². The minimum Gasteiger partial charge on any atom is -0.480 e. The van der Waals surface area contributed by atoms with Gasteiger partial charge in [-0.15, -0.1) is 0 Å². The van der Waals surface area contributed by atoms with Crippen molar-refractivity contribution in [3.05, 3.63) is 29.8 Å². The van der Waals surface area contributed by atoms with Gasteiger partial charge >= 0.3 is 11.9 Å². The van der Waals surface area contributed by atoms with E-state index in [0.29, 0.717) is 0 Å². The van der Waals surface area contributed by atoms with Crippen molar-refractivity contribution in [1.82, 2.24) is 15.4 Å². The van der Waals surface area contributed by atoms with Gasteiger partial charge in [-0.1, -0.05) is 17.7 Å². The molecule has 2 amide bonds. The highest BCUT2D eigenvalue weighted by Crippen LogP contribution is 2.10. The Kier molecular flexibility index (Phi) is 11.8. The number of nitrogens with one attached hydrogen (secondary N) is 3. The SMILES string of the molecule is Cc1ccc(S(=O)(=O)NCCSC[C@H](NC(=O)CC[C@H](N)C(=O)O)C(=O)NCC(=O)O)cc1. The van der Waals surface area contributed by atoms with Crippen LogP contribution in [0.5, 0.6) is 0 Å². The van der Waals surface area contributed by atoms with Crippen LogP contribution in [0.15, 0.2) is 29.2 Å². The van der Waals surface area contributed by atoms with E-state index in [1.54, 1.807) is 12.1 Å². The van der Waals surface area contributed by atoms with Crippen LogP contribution in [0.3, 0.4) is 0 Å². The third-order valence-corrected chi connectivity index (χ3v) is 6.76. The molecule has 33 heavy (non-hydrogen) atoms. The van der Waals surface area contributed by atoms with Crippen molar-refractivity contribution in [2.24, 2.45) is 5.73 Å². The van der Waals surface area contributed by atoms with Crippen LogP contribution in [0.4, 0.5) is 0 Å². The van der Waals surface area contributed by atoms with Gasteiger partial charge in [-0.3, -0.25) is 19.2 Å². The van der Waals surface area contributed by atoms with Gasteiger partial charge in [0.25, 0.3) is 0 Å². The molecule has 1 aromatic rings. The van der Waals surface area contributed by atoms with E-state index in [2.05, 4.69) is 15.4 Å². The van der Waals surface area contributed by atoms with E-state index in [0.717, 1.165) is 17.3 Å². The maximum Gasteiger partial charge on any atom is 0.322 e. The number of hydrogen-bond acceptors (Lipinski definition) is 8. The van der Waals surface area contributed by atoms with Gasteiger partial charge in [-0.2, -0.15) is 11.8 Å². The topological polar surface area (TPSA) is 205 Å². The number of sulfonamides is 1. The molecule has 0 aromatic heterocycles. The van der Waals surface area contributed by atoms with E-state index in [-0.39, 0.29) is 35.8 Å².